The van der Waals surface area contributed by atoms with Gasteiger partial charge in [0.25, 0.3) is 0 Å². The zero-order valence-corrected chi connectivity index (χ0v) is 10.9. The first-order valence-corrected chi connectivity index (χ1v) is 5.64. The van der Waals surface area contributed by atoms with Crippen LogP contribution in [0.2, 0.25) is 0 Å². The molecule has 0 radical (unpaired) electrons. The van der Waals surface area contributed by atoms with Gasteiger partial charge in [-0.1, -0.05) is 61.8 Å². The van der Waals surface area contributed by atoms with Crippen LogP contribution in [0.4, 0.5) is 0 Å². The summed E-state index contributed by atoms with van der Waals surface area (Å²) in [7, 11) is 0. The van der Waals surface area contributed by atoms with E-state index in [4.69, 9.17) is 0 Å². The van der Waals surface area contributed by atoms with Gasteiger partial charge in [0.2, 0.25) is 0 Å². The average Bonchev–Trinajstić information content (AvgIpc) is 1.83. The van der Waals surface area contributed by atoms with Crippen molar-refractivity contribution in [3.05, 3.63) is 0 Å². The Balaban J connectivity index is 4.78. The highest BCUT2D eigenvalue weighted by Crippen LogP contribution is 2.48. The van der Waals surface area contributed by atoms with E-state index in [0.717, 1.165) is 11.8 Å². The summed E-state index contributed by atoms with van der Waals surface area (Å²) >= 11 is 0. The maximum atomic E-state index is 2.42. The van der Waals surface area contributed by atoms with E-state index in [-0.39, 0.29) is 0 Å². The Morgan fingerprint density at radius 2 is 1.31 bits per heavy atom. The highest BCUT2D eigenvalue weighted by atomic mass is 14.4. The van der Waals surface area contributed by atoms with Crippen molar-refractivity contribution in [2.75, 3.05) is 0 Å². The minimum absolute atomic E-state index is 0.401. The summed E-state index contributed by atoms with van der Waals surface area (Å²) in [4.78, 5) is 0. The minimum atomic E-state index is 0.401. The third kappa shape index (κ3) is 2.72. The highest BCUT2D eigenvalue weighted by molar-refractivity contribution is 4.89. The molecule has 0 aromatic heterocycles. The van der Waals surface area contributed by atoms with Crippen LogP contribution in [0, 0.1) is 22.7 Å². The van der Waals surface area contributed by atoms with Gasteiger partial charge in [0.05, 0.1) is 0 Å². The van der Waals surface area contributed by atoms with E-state index in [9.17, 15) is 0 Å². The van der Waals surface area contributed by atoms with Gasteiger partial charge in [0, 0.05) is 0 Å². The lowest BCUT2D eigenvalue weighted by atomic mass is 9.58. The SMILES string of the molecule is CCC(C(C)C)C(C)(C)C(C)(C)C. The maximum Gasteiger partial charge on any atom is -0.0275 e. The lowest BCUT2D eigenvalue weighted by molar-refractivity contribution is 0.0256. The van der Waals surface area contributed by atoms with E-state index in [0.29, 0.717) is 10.8 Å². The standard InChI is InChI=1S/C13H28/c1-9-11(10(2)3)13(7,8)12(4,5)6/h10-11H,9H2,1-8H3. The molecule has 1 atom stereocenters. The molecule has 0 saturated carbocycles. The largest absolute Gasteiger partial charge is 0.0651 e. The molecular formula is C13H28. The van der Waals surface area contributed by atoms with Gasteiger partial charge in [-0.15, -0.1) is 0 Å². The van der Waals surface area contributed by atoms with Crippen molar-refractivity contribution in [2.24, 2.45) is 22.7 Å². The van der Waals surface area contributed by atoms with Crippen LogP contribution in [0.1, 0.15) is 61.8 Å². The molecule has 0 bridgehead atoms. The van der Waals surface area contributed by atoms with Crippen molar-refractivity contribution < 1.29 is 0 Å². The van der Waals surface area contributed by atoms with Gasteiger partial charge in [0.1, 0.15) is 0 Å². The molecule has 1 unspecified atom stereocenters. The second-order valence-electron chi connectivity index (χ2n) is 6.23. The van der Waals surface area contributed by atoms with Gasteiger partial charge in [-0.25, -0.2) is 0 Å². The van der Waals surface area contributed by atoms with E-state index in [1.165, 1.54) is 6.42 Å². The monoisotopic (exact) mass is 184 g/mol. The van der Waals surface area contributed by atoms with Crippen molar-refractivity contribution >= 4 is 0 Å². The van der Waals surface area contributed by atoms with Crippen molar-refractivity contribution in [1.29, 1.82) is 0 Å². The molecule has 0 spiro atoms. The van der Waals surface area contributed by atoms with Gasteiger partial charge in [-0.3, -0.25) is 0 Å². The molecule has 80 valence electrons. The molecule has 0 aliphatic carbocycles. The predicted octanol–water partition coefficient (Wildman–Crippen LogP) is 4.74. The van der Waals surface area contributed by atoms with Gasteiger partial charge in [-0.2, -0.15) is 0 Å². The third-order valence-corrected chi connectivity index (χ3v) is 4.10. The minimum Gasteiger partial charge on any atom is -0.0651 e. The molecule has 0 nitrogen and oxygen atoms in total. The van der Waals surface area contributed by atoms with E-state index in [2.05, 4.69) is 55.4 Å². The maximum absolute atomic E-state index is 2.42. The van der Waals surface area contributed by atoms with Crippen LogP contribution in [0.3, 0.4) is 0 Å². The van der Waals surface area contributed by atoms with Crippen molar-refractivity contribution in [1.82, 2.24) is 0 Å². The normalized spacial score (nSPS) is 16.4. The van der Waals surface area contributed by atoms with Crippen molar-refractivity contribution in [2.45, 2.75) is 61.8 Å². The molecule has 0 aliphatic heterocycles. The molecule has 0 aliphatic rings. The summed E-state index contributed by atoms with van der Waals surface area (Å²) in [5, 5.41) is 0. The number of hydrogen-bond acceptors (Lipinski definition) is 0. The van der Waals surface area contributed by atoms with Crippen LogP contribution in [-0.2, 0) is 0 Å². The van der Waals surface area contributed by atoms with Crippen LogP contribution in [0.15, 0.2) is 0 Å². The Morgan fingerprint density at radius 1 is 0.923 bits per heavy atom. The second-order valence-corrected chi connectivity index (χ2v) is 6.23. The van der Waals surface area contributed by atoms with Crippen LogP contribution in [0.5, 0.6) is 0 Å². The van der Waals surface area contributed by atoms with Crippen LogP contribution in [0.25, 0.3) is 0 Å². The Morgan fingerprint density at radius 3 is 1.38 bits per heavy atom. The van der Waals surface area contributed by atoms with Crippen LogP contribution in [-0.4, -0.2) is 0 Å². The molecule has 13 heavy (non-hydrogen) atoms. The molecular weight excluding hydrogens is 156 g/mol. The fourth-order valence-corrected chi connectivity index (χ4v) is 2.37. The van der Waals surface area contributed by atoms with E-state index >= 15 is 0 Å². The van der Waals surface area contributed by atoms with E-state index in [1.54, 1.807) is 0 Å². The summed E-state index contributed by atoms with van der Waals surface area (Å²) in [6, 6.07) is 0. The predicted molar refractivity (Wildman–Crippen MR) is 61.9 cm³/mol. The first-order chi connectivity index (χ1) is 5.64. The smallest absolute Gasteiger partial charge is 0.0275 e. The zero-order chi connectivity index (χ0) is 10.9. The molecule has 0 rings (SSSR count). The van der Waals surface area contributed by atoms with Crippen molar-refractivity contribution in [3.63, 3.8) is 0 Å². The van der Waals surface area contributed by atoms with Gasteiger partial charge >= 0.3 is 0 Å². The zero-order valence-electron chi connectivity index (χ0n) is 10.9. The highest BCUT2D eigenvalue weighted by Gasteiger charge is 2.39. The molecule has 0 heterocycles. The molecule has 0 saturated heterocycles. The molecule has 0 aromatic carbocycles. The summed E-state index contributed by atoms with van der Waals surface area (Å²) in [5.74, 6) is 1.62. The van der Waals surface area contributed by atoms with E-state index in [1.807, 2.05) is 0 Å². The molecule has 0 N–H and O–H groups in total. The lowest BCUT2D eigenvalue weighted by Crippen LogP contribution is -2.39. The Hall–Kier alpha value is 0. The molecule has 0 amide bonds. The Bertz CT molecular complexity index is 146. The topological polar surface area (TPSA) is 0 Å². The second kappa shape index (κ2) is 4.02. The Kier molecular flexibility index (Phi) is 4.02. The fourth-order valence-electron chi connectivity index (χ4n) is 2.37. The van der Waals surface area contributed by atoms with Gasteiger partial charge in [0.15, 0.2) is 0 Å². The summed E-state index contributed by atoms with van der Waals surface area (Å²) in [6.45, 7) is 18.9. The quantitative estimate of drug-likeness (QED) is 0.594. The third-order valence-electron chi connectivity index (χ3n) is 4.10. The average molecular weight is 184 g/mol. The van der Waals surface area contributed by atoms with E-state index < -0.39 is 0 Å². The number of hydrogen-bond donors (Lipinski definition) is 0. The summed E-state index contributed by atoms with van der Waals surface area (Å²) in [6.07, 6.45) is 1.29. The lowest BCUT2D eigenvalue weighted by Gasteiger charge is -2.47. The van der Waals surface area contributed by atoms with Crippen molar-refractivity contribution in [3.8, 4) is 0 Å². The molecule has 0 aromatic rings. The van der Waals surface area contributed by atoms with Crippen LogP contribution >= 0.6 is 0 Å². The first kappa shape index (κ1) is 13.0. The summed E-state index contributed by atoms with van der Waals surface area (Å²) in [5.41, 5.74) is 0.827. The van der Waals surface area contributed by atoms with Gasteiger partial charge < -0.3 is 0 Å². The summed E-state index contributed by atoms with van der Waals surface area (Å²) < 4.78 is 0. The van der Waals surface area contributed by atoms with Crippen LogP contribution < -0.4 is 0 Å². The fraction of sp³-hybridized carbons (Fsp3) is 1.00. The first-order valence-electron chi connectivity index (χ1n) is 5.64. The van der Waals surface area contributed by atoms with Gasteiger partial charge in [-0.05, 0) is 22.7 Å². The molecule has 0 fully saturated rings. The number of rotatable bonds is 3. The molecule has 0 heteroatoms. The Labute approximate surface area is 85.1 Å².